The van der Waals surface area contributed by atoms with Gasteiger partial charge in [-0.15, -0.1) is 5.01 Å². The first kappa shape index (κ1) is 13.4. The SMILES string of the molecule is COC(=O)N1C(=O)O[C@@H](c2ccccc2)[C@H](C)N1C. The molecule has 1 heterocycles. The third kappa shape index (κ3) is 2.39. The number of rotatable bonds is 1. The molecule has 2 atom stereocenters. The summed E-state index contributed by atoms with van der Waals surface area (Å²) in [4.78, 5) is 23.4. The second kappa shape index (κ2) is 5.27. The molecule has 0 unspecified atom stereocenters. The number of imide groups is 1. The van der Waals surface area contributed by atoms with E-state index in [4.69, 9.17) is 4.74 Å². The number of carbonyl (C=O) groups is 2. The van der Waals surface area contributed by atoms with Gasteiger partial charge in [0, 0.05) is 7.05 Å². The third-order valence-electron chi connectivity index (χ3n) is 3.22. The van der Waals surface area contributed by atoms with Gasteiger partial charge in [-0.3, -0.25) is 0 Å². The van der Waals surface area contributed by atoms with E-state index in [1.54, 1.807) is 7.05 Å². The topological polar surface area (TPSA) is 59.1 Å². The van der Waals surface area contributed by atoms with Crippen molar-refractivity contribution in [3.8, 4) is 0 Å². The molecule has 6 nitrogen and oxygen atoms in total. The average molecular weight is 264 g/mol. The number of nitrogens with zero attached hydrogens (tertiary/aromatic N) is 2. The van der Waals surface area contributed by atoms with Crippen molar-refractivity contribution in [1.29, 1.82) is 0 Å². The van der Waals surface area contributed by atoms with Gasteiger partial charge in [0.1, 0.15) is 6.10 Å². The van der Waals surface area contributed by atoms with Crippen molar-refractivity contribution in [1.82, 2.24) is 10.0 Å². The summed E-state index contributed by atoms with van der Waals surface area (Å²) in [7, 11) is 2.87. The number of ether oxygens (including phenoxy) is 2. The lowest BCUT2D eigenvalue weighted by atomic mass is 10.0. The van der Waals surface area contributed by atoms with Crippen molar-refractivity contribution >= 4 is 12.2 Å². The molecule has 102 valence electrons. The molecule has 2 amide bonds. The van der Waals surface area contributed by atoms with Crippen molar-refractivity contribution < 1.29 is 19.1 Å². The third-order valence-corrected chi connectivity index (χ3v) is 3.22. The van der Waals surface area contributed by atoms with Crippen LogP contribution in [0.2, 0.25) is 0 Å². The van der Waals surface area contributed by atoms with Gasteiger partial charge in [0.2, 0.25) is 0 Å². The lowest BCUT2D eigenvalue weighted by Gasteiger charge is -2.41. The molecule has 0 aliphatic carbocycles. The molecular formula is C13H16N2O4. The van der Waals surface area contributed by atoms with E-state index in [2.05, 4.69) is 4.74 Å². The van der Waals surface area contributed by atoms with E-state index in [0.29, 0.717) is 0 Å². The summed E-state index contributed by atoms with van der Waals surface area (Å²) in [5.41, 5.74) is 0.889. The Kier molecular flexibility index (Phi) is 3.71. The monoisotopic (exact) mass is 264 g/mol. The first-order valence-corrected chi connectivity index (χ1v) is 5.92. The van der Waals surface area contributed by atoms with Gasteiger partial charge in [-0.1, -0.05) is 30.3 Å². The van der Waals surface area contributed by atoms with Gasteiger partial charge in [0.15, 0.2) is 0 Å². The highest BCUT2D eigenvalue weighted by Gasteiger charge is 2.42. The number of benzene rings is 1. The summed E-state index contributed by atoms with van der Waals surface area (Å²) in [6, 6.07) is 9.24. The molecule has 0 radical (unpaired) electrons. The largest absolute Gasteiger partial charge is 0.451 e. The van der Waals surface area contributed by atoms with Gasteiger partial charge in [-0.2, -0.15) is 0 Å². The molecule has 6 heteroatoms. The molecule has 2 rings (SSSR count). The number of hydrogen-bond donors (Lipinski definition) is 0. The Labute approximate surface area is 111 Å². The maximum atomic E-state index is 11.9. The Morgan fingerprint density at radius 1 is 1.32 bits per heavy atom. The van der Waals surface area contributed by atoms with E-state index in [-0.39, 0.29) is 6.04 Å². The van der Waals surface area contributed by atoms with Crippen LogP contribution in [-0.2, 0) is 9.47 Å². The van der Waals surface area contributed by atoms with Gasteiger partial charge in [-0.05, 0) is 12.5 Å². The Morgan fingerprint density at radius 3 is 2.53 bits per heavy atom. The fourth-order valence-corrected chi connectivity index (χ4v) is 2.04. The minimum Gasteiger partial charge on any atom is -0.451 e. The minimum atomic E-state index is -0.758. The summed E-state index contributed by atoms with van der Waals surface area (Å²) >= 11 is 0. The van der Waals surface area contributed by atoms with Gasteiger partial charge >= 0.3 is 12.2 Å². The van der Waals surface area contributed by atoms with E-state index < -0.39 is 18.3 Å². The van der Waals surface area contributed by atoms with Crippen LogP contribution in [0.4, 0.5) is 9.59 Å². The smallest absolute Gasteiger partial charge is 0.435 e. The van der Waals surface area contributed by atoms with Crippen molar-refractivity contribution in [3.63, 3.8) is 0 Å². The zero-order valence-electron chi connectivity index (χ0n) is 11.1. The van der Waals surface area contributed by atoms with E-state index in [1.807, 2.05) is 37.3 Å². The molecule has 0 N–H and O–H groups in total. The molecular weight excluding hydrogens is 248 g/mol. The lowest BCUT2D eigenvalue weighted by Crippen LogP contribution is -2.58. The predicted octanol–water partition coefficient (Wildman–Crippen LogP) is 2.18. The number of hydrazine groups is 1. The quantitative estimate of drug-likeness (QED) is 0.778. The number of carbonyl (C=O) groups excluding carboxylic acids is 2. The maximum Gasteiger partial charge on any atom is 0.435 e. The number of hydrogen-bond acceptors (Lipinski definition) is 5. The highest BCUT2D eigenvalue weighted by Crippen LogP contribution is 2.30. The Balaban J connectivity index is 2.25. The van der Waals surface area contributed by atoms with E-state index in [9.17, 15) is 9.59 Å². The average Bonchev–Trinajstić information content (AvgIpc) is 2.43. The Hall–Kier alpha value is -2.08. The first-order valence-electron chi connectivity index (χ1n) is 5.92. The molecule has 1 fully saturated rings. The fourth-order valence-electron chi connectivity index (χ4n) is 2.04. The zero-order chi connectivity index (χ0) is 14.0. The molecule has 1 saturated heterocycles. The van der Waals surface area contributed by atoms with Gasteiger partial charge in [0.25, 0.3) is 0 Å². The maximum absolute atomic E-state index is 11.9. The highest BCUT2D eigenvalue weighted by molar-refractivity contribution is 5.87. The van der Waals surface area contributed by atoms with Crippen LogP contribution in [0.25, 0.3) is 0 Å². The predicted molar refractivity (Wildman–Crippen MR) is 67.1 cm³/mol. The van der Waals surface area contributed by atoms with Crippen LogP contribution in [0.1, 0.15) is 18.6 Å². The van der Waals surface area contributed by atoms with Crippen molar-refractivity contribution in [2.24, 2.45) is 0 Å². The van der Waals surface area contributed by atoms with E-state index >= 15 is 0 Å². The van der Waals surface area contributed by atoms with Gasteiger partial charge in [-0.25, -0.2) is 14.6 Å². The molecule has 0 spiro atoms. The molecule has 1 aromatic carbocycles. The molecule has 0 bridgehead atoms. The normalized spacial score (nSPS) is 23.9. The lowest BCUT2D eigenvalue weighted by molar-refractivity contribution is -0.107. The van der Waals surface area contributed by atoms with E-state index in [0.717, 1.165) is 10.6 Å². The molecule has 0 saturated carbocycles. The molecule has 1 aliphatic heterocycles. The van der Waals surface area contributed by atoms with Crippen LogP contribution in [0, 0.1) is 0 Å². The van der Waals surface area contributed by atoms with Gasteiger partial charge < -0.3 is 9.47 Å². The number of amides is 2. The highest BCUT2D eigenvalue weighted by atomic mass is 16.6. The summed E-state index contributed by atoms with van der Waals surface area (Å²) < 4.78 is 9.90. The standard InChI is InChI=1S/C13H16N2O4/c1-9-11(10-7-5-4-6-8-10)19-13(17)15(14(9)2)12(16)18-3/h4-9,11H,1-3H3/t9-,11+/m0/s1. The second-order valence-electron chi connectivity index (χ2n) is 4.31. The first-order chi connectivity index (χ1) is 9.06. The fraction of sp³-hybridized carbons (Fsp3) is 0.385. The minimum absolute atomic E-state index is 0.181. The van der Waals surface area contributed by atoms with Crippen molar-refractivity contribution in [2.75, 3.05) is 14.2 Å². The Morgan fingerprint density at radius 2 is 1.95 bits per heavy atom. The summed E-state index contributed by atoms with van der Waals surface area (Å²) in [6.45, 7) is 1.88. The van der Waals surface area contributed by atoms with Crippen LogP contribution in [0.3, 0.4) is 0 Å². The number of methoxy groups -OCH3 is 1. The summed E-state index contributed by atoms with van der Waals surface area (Å²) in [6.07, 6.45) is -1.91. The number of likely N-dealkylation sites (N-methyl/N-ethyl adjacent to an activating group) is 1. The molecule has 1 aliphatic rings. The number of cyclic esters (lactones) is 1. The molecule has 0 aromatic heterocycles. The van der Waals surface area contributed by atoms with Crippen LogP contribution >= 0.6 is 0 Å². The van der Waals surface area contributed by atoms with Crippen molar-refractivity contribution in [3.05, 3.63) is 35.9 Å². The second-order valence-corrected chi connectivity index (χ2v) is 4.31. The Bertz CT molecular complexity index is 477. The van der Waals surface area contributed by atoms with Crippen LogP contribution in [0.15, 0.2) is 30.3 Å². The van der Waals surface area contributed by atoms with Gasteiger partial charge in [0.05, 0.1) is 13.2 Å². The van der Waals surface area contributed by atoms with Crippen LogP contribution < -0.4 is 0 Å². The summed E-state index contributed by atoms with van der Waals surface area (Å²) in [5.74, 6) is 0. The molecule has 19 heavy (non-hydrogen) atoms. The zero-order valence-corrected chi connectivity index (χ0v) is 11.1. The van der Waals surface area contributed by atoms with Crippen molar-refractivity contribution in [2.45, 2.75) is 19.1 Å². The van der Waals surface area contributed by atoms with Crippen LogP contribution in [0.5, 0.6) is 0 Å². The molecule has 1 aromatic rings. The summed E-state index contributed by atoms with van der Waals surface area (Å²) in [5, 5.41) is 2.37. The van der Waals surface area contributed by atoms with Crippen LogP contribution in [-0.4, -0.2) is 42.4 Å². The van der Waals surface area contributed by atoms with E-state index in [1.165, 1.54) is 12.1 Å².